The molecule has 0 aliphatic carbocycles. The first-order chi connectivity index (χ1) is 13.9. The lowest BCUT2D eigenvalue weighted by atomic mass is 10.1. The van der Waals surface area contributed by atoms with Crippen molar-refractivity contribution in [2.75, 3.05) is 13.7 Å². The predicted octanol–water partition coefficient (Wildman–Crippen LogP) is 4.73. The standard InChI is InChI=1S/C23H28ClNO4/c1-4-7-16(2)15-29-19-12-10-17(11-13-19)22(23(27)28-3)25-21(26)14-18-8-5-6-9-20(18)24/h5-6,8-13,16,22H,4,7,14-15H2,1-3H3,(H,25,26)/t16?,22-/m1/s1. The summed E-state index contributed by atoms with van der Waals surface area (Å²) in [6.45, 7) is 4.94. The van der Waals surface area contributed by atoms with E-state index in [-0.39, 0.29) is 12.3 Å². The first-order valence-electron chi connectivity index (χ1n) is 9.78. The van der Waals surface area contributed by atoms with E-state index in [2.05, 4.69) is 19.2 Å². The number of methoxy groups -OCH3 is 1. The van der Waals surface area contributed by atoms with Crippen molar-refractivity contribution >= 4 is 23.5 Å². The van der Waals surface area contributed by atoms with Crippen LogP contribution in [0.3, 0.4) is 0 Å². The van der Waals surface area contributed by atoms with Crippen molar-refractivity contribution in [3.05, 3.63) is 64.7 Å². The van der Waals surface area contributed by atoms with Crippen LogP contribution in [0.2, 0.25) is 5.02 Å². The Morgan fingerprint density at radius 3 is 2.41 bits per heavy atom. The fourth-order valence-corrected chi connectivity index (χ4v) is 3.20. The van der Waals surface area contributed by atoms with Gasteiger partial charge >= 0.3 is 5.97 Å². The Balaban J connectivity index is 2.05. The number of ether oxygens (including phenoxy) is 2. The van der Waals surface area contributed by atoms with Gasteiger partial charge in [-0.15, -0.1) is 0 Å². The number of benzene rings is 2. The third kappa shape index (κ3) is 7.09. The molecule has 2 aromatic carbocycles. The molecule has 0 aromatic heterocycles. The smallest absolute Gasteiger partial charge is 0.333 e. The molecule has 5 nitrogen and oxygen atoms in total. The second kappa shape index (κ2) is 11.5. The zero-order valence-electron chi connectivity index (χ0n) is 17.1. The summed E-state index contributed by atoms with van der Waals surface area (Å²) in [7, 11) is 1.29. The molecular formula is C23H28ClNO4. The summed E-state index contributed by atoms with van der Waals surface area (Å²) in [6.07, 6.45) is 2.31. The highest BCUT2D eigenvalue weighted by Gasteiger charge is 2.24. The van der Waals surface area contributed by atoms with Crippen LogP contribution in [0.25, 0.3) is 0 Å². The minimum Gasteiger partial charge on any atom is -0.493 e. The normalized spacial score (nSPS) is 12.7. The lowest BCUT2D eigenvalue weighted by Crippen LogP contribution is -2.35. The molecule has 0 aliphatic heterocycles. The molecule has 0 saturated heterocycles. The molecule has 2 aromatic rings. The van der Waals surface area contributed by atoms with Crippen LogP contribution in [0.1, 0.15) is 43.9 Å². The minimum absolute atomic E-state index is 0.0731. The first-order valence-corrected chi connectivity index (χ1v) is 10.2. The van der Waals surface area contributed by atoms with Gasteiger partial charge in [-0.3, -0.25) is 4.79 Å². The van der Waals surface area contributed by atoms with E-state index in [4.69, 9.17) is 21.1 Å². The Labute approximate surface area is 177 Å². The van der Waals surface area contributed by atoms with Crippen LogP contribution in [-0.2, 0) is 20.7 Å². The number of esters is 1. The van der Waals surface area contributed by atoms with Gasteiger partial charge < -0.3 is 14.8 Å². The van der Waals surface area contributed by atoms with Gasteiger partial charge in [0.05, 0.1) is 20.1 Å². The van der Waals surface area contributed by atoms with Gasteiger partial charge in [-0.25, -0.2) is 4.79 Å². The number of carbonyl (C=O) groups excluding carboxylic acids is 2. The molecule has 6 heteroatoms. The molecule has 0 radical (unpaired) electrons. The number of rotatable bonds is 10. The van der Waals surface area contributed by atoms with Crippen LogP contribution in [0.15, 0.2) is 48.5 Å². The zero-order valence-corrected chi connectivity index (χ0v) is 17.9. The van der Waals surface area contributed by atoms with Crippen LogP contribution in [0.4, 0.5) is 0 Å². The summed E-state index contributed by atoms with van der Waals surface area (Å²) < 4.78 is 10.7. The summed E-state index contributed by atoms with van der Waals surface area (Å²) in [6, 6.07) is 13.3. The molecule has 0 saturated carbocycles. The number of nitrogens with one attached hydrogen (secondary N) is 1. The molecule has 0 spiro atoms. The molecule has 29 heavy (non-hydrogen) atoms. The van der Waals surface area contributed by atoms with Gasteiger partial charge in [0, 0.05) is 5.02 Å². The first kappa shape index (κ1) is 22.8. The Kier molecular flexibility index (Phi) is 9.00. The van der Waals surface area contributed by atoms with Crippen LogP contribution < -0.4 is 10.1 Å². The molecule has 1 amide bonds. The molecule has 0 fully saturated rings. The predicted molar refractivity (Wildman–Crippen MR) is 114 cm³/mol. The average molecular weight is 418 g/mol. The van der Waals surface area contributed by atoms with E-state index < -0.39 is 12.0 Å². The fourth-order valence-electron chi connectivity index (χ4n) is 2.99. The molecule has 2 rings (SSSR count). The van der Waals surface area contributed by atoms with Crippen molar-refractivity contribution in [3.8, 4) is 5.75 Å². The van der Waals surface area contributed by atoms with E-state index >= 15 is 0 Å². The van der Waals surface area contributed by atoms with Crippen molar-refractivity contribution in [1.82, 2.24) is 5.32 Å². The van der Waals surface area contributed by atoms with Crippen LogP contribution >= 0.6 is 11.6 Å². The third-order valence-electron chi connectivity index (χ3n) is 4.58. The molecule has 1 N–H and O–H groups in total. The van der Waals surface area contributed by atoms with Crippen molar-refractivity contribution < 1.29 is 19.1 Å². The van der Waals surface area contributed by atoms with Gasteiger partial charge in [-0.05, 0) is 41.7 Å². The third-order valence-corrected chi connectivity index (χ3v) is 4.95. The number of amides is 1. The molecule has 0 heterocycles. The largest absolute Gasteiger partial charge is 0.493 e. The van der Waals surface area contributed by atoms with Gasteiger partial charge in [0.15, 0.2) is 6.04 Å². The van der Waals surface area contributed by atoms with Crippen molar-refractivity contribution in [2.24, 2.45) is 5.92 Å². The Morgan fingerprint density at radius 1 is 1.10 bits per heavy atom. The van der Waals surface area contributed by atoms with E-state index in [9.17, 15) is 9.59 Å². The van der Waals surface area contributed by atoms with E-state index in [1.54, 1.807) is 42.5 Å². The second-order valence-corrected chi connectivity index (χ2v) is 7.47. The highest BCUT2D eigenvalue weighted by molar-refractivity contribution is 6.31. The Hall–Kier alpha value is -2.53. The van der Waals surface area contributed by atoms with Crippen LogP contribution in [0.5, 0.6) is 5.75 Å². The molecular weight excluding hydrogens is 390 g/mol. The van der Waals surface area contributed by atoms with Crippen molar-refractivity contribution in [3.63, 3.8) is 0 Å². The topological polar surface area (TPSA) is 64.6 Å². The van der Waals surface area contributed by atoms with Crippen molar-refractivity contribution in [1.29, 1.82) is 0 Å². The summed E-state index contributed by atoms with van der Waals surface area (Å²) in [5.74, 6) is 0.347. The van der Waals surface area contributed by atoms with Gasteiger partial charge in [0.25, 0.3) is 0 Å². The highest BCUT2D eigenvalue weighted by atomic mass is 35.5. The maximum absolute atomic E-state index is 12.5. The lowest BCUT2D eigenvalue weighted by Gasteiger charge is -2.18. The van der Waals surface area contributed by atoms with E-state index in [1.807, 2.05) is 6.07 Å². The highest BCUT2D eigenvalue weighted by Crippen LogP contribution is 2.21. The molecule has 156 valence electrons. The fraction of sp³-hybridized carbons (Fsp3) is 0.391. The average Bonchev–Trinajstić information content (AvgIpc) is 2.72. The molecule has 0 bridgehead atoms. The molecule has 1 unspecified atom stereocenters. The Bertz CT molecular complexity index is 807. The van der Waals surface area contributed by atoms with E-state index in [0.29, 0.717) is 28.7 Å². The summed E-state index contributed by atoms with van der Waals surface area (Å²) in [5, 5.41) is 3.24. The molecule has 0 aliphatic rings. The van der Waals surface area contributed by atoms with Gasteiger partial charge in [-0.2, -0.15) is 0 Å². The number of hydrogen-bond donors (Lipinski definition) is 1. The summed E-state index contributed by atoms with van der Waals surface area (Å²) in [5.41, 5.74) is 1.32. The van der Waals surface area contributed by atoms with E-state index in [0.717, 1.165) is 18.6 Å². The maximum Gasteiger partial charge on any atom is 0.333 e. The van der Waals surface area contributed by atoms with Crippen LogP contribution in [0, 0.1) is 5.92 Å². The van der Waals surface area contributed by atoms with Gasteiger partial charge in [-0.1, -0.05) is 62.2 Å². The molecule has 2 atom stereocenters. The van der Waals surface area contributed by atoms with Gasteiger partial charge in [0.1, 0.15) is 5.75 Å². The lowest BCUT2D eigenvalue weighted by molar-refractivity contribution is -0.145. The van der Waals surface area contributed by atoms with Crippen molar-refractivity contribution in [2.45, 2.75) is 39.2 Å². The summed E-state index contributed by atoms with van der Waals surface area (Å²) in [4.78, 5) is 24.7. The number of halogens is 1. The SMILES string of the molecule is CCCC(C)COc1ccc([C@@H](NC(=O)Cc2ccccc2Cl)C(=O)OC)cc1. The van der Waals surface area contributed by atoms with E-state index in [1.165, 1.54) is 7.11 Å². The maximum atomic E-state index is 12.5. The number of hydrogen-bond acceptors (Lipinski definition) is 4. The second-order valence-electron chi connectivity index (χ2n) is 7.07. The zero-order chi connectivity index (χ0) is 21.2. The quantitative estimate of drug-likeness (QED) is 0.567. The summed E-state index contributed by atoms with van der Waals surface area (Å²) >= 11 is 6.12. The number of carbonyl (C=O) groups is 2. The monoisotopic (exact) mass is 417 g/mol. The minimum atomic E-state index is -0.900. The van der Waals surface area contributed by atoms with Crippen LogP contribution in [-0.4, -0.2) is 25.6 Å². The Morgan fingerprint density at radius 2 is 1.79 bits per heavy atom. The van der Waals surface area contributed by atoms with Gasteiger partial charge in [0.2, 0.25) is 5.91 Å².